The van der Waals surface area contributed by atoms with Crippen LogP contribution in [0.3, 0.4) is 0 Å². The van der Waals surface area contributed by atoms with Crippen LogP contribution in [-0.2, 0) is 6.54 Å². The highest BCUT2D eigenvalue weighted by Gasteiger charge is 2.37. The Morgan fingerprint density at radius 2 is 1.75 bits per heavy atom. The molecular weight excluding hydrogens is 259 g/mol. The van der Waals surface area contributed by atoms with E-state index in [2.05, 4.69) is 0 Å². The number of fused-ring (bicyclic) bond motifs is 1. The first-order valence-electron chi connectivity index (χ1n) is 6.07. The van der Waals surface area contributed by atoms with Gasteiger partial charge in [0.05, 0.1) is 17.7 Å². The number of nitrogens with zero attached hydrogens (tertiary/aromatic N) is 1. The Bertz CT molecular complexity index is 728. The number of halogens is 1. The molecule has 0 aromatic heterocycles. The van der Waals surface area contributed by atoms with Crippen molar-refractivity contribution in [2.45, 2.75) is 6.54 Å². The minimum absolute atomic E-state index is 0.0401. The maximum Gasteiger partial charge on any atom is 0.264 e. The summed E-state index contributed by atoms with van der Waals surface area (Å²) in [5.41, 5.74) is 6.89. The van der Waals surface area contributed by atoms with Crippen LogP contribution in [-0.4, -0.2) is 16.7 Å². The van der Waals surface area contributed by atoms with Crippen molar-refractivity contribution in [3.8, 4) is 0 Å². The van der Waals surface area contributed by atoms with Crippen LogP contribution in [0.4, 0.5) is 10.1 Å². The molecule has 20 heavy (non-hydrogen) atoms. The number of hydrogen-bond acceptors (Lipinski definition) is 3. The summed E-state index contributed by atoms with van der Waals surface area (Å²) in [5, 5.41) is 0. The third-order valence-corrected chi connectivity index (χ3v) is 3.33. The Hall–Kier alpha value is -2.69. The lowest BCUT2D eigenvalue weighted by Crippen LogP contribution is -2.29. The van der Waals surface area contributed by atoms with Crippen molar-refractivity contribution >= 4 is 17.5 Å². The van der Waals surface area contributed by atoms with Crippen LogP contribution in [0.5, 0.6) is 0 Å². The van der Waals surface area contributed by atoms with Crippen molar-refractivity contribution in [2.24, 2.45) is 0 Å². The van der Waals surface area contributed by atoms with E-state index in [-0.39, 0.29) is 17.7 Å². The molecule has 2 aromatic rings. The Labute approximate surface area is 114 Å². The van der Waals surface area contributed by atoms with Crippen molar-refractivity contribution in [1.82, 2.24) is 4.90 Å². The predicted octanol–water partition coefficient (Wildman–Crippen LogP) is 2.20. The van der Waals surface area contributed by atoms with Crippen molar-refractivity contribution in [2.75, 3.05) is 5.73 Å². The maximum absolute atomic E-state index is 13.7. The normalized spacial score (nSPS) is 13.8. The zero-order chi connectivity index (χ0) is 14.3. The second-order valence-corrected chi connectivity index (χ2v) is 4.56. The molecule has 0 fully saturated rings. The average Bonchev–Trinajstić information content (AvgIpc) is 2.67. The van der Waals surface area contributed by atoms with Gasteiger partial charge in [0.25, 0.3) is 11.8 Å². The van der Waals surface area contributed by atoms with E-state index in [0.717, 1.165) is 4.90 Å². The first-order chi connectivity index (χ1) is 9.59. The third-order valence-electron chi connectivity index (χ3n) is 3.33. The molecule has 2 aromatic carbocycles. The number of carbonyl (C=O) groups is 2. The molecule has 0 atom stereocenters. The Kier molecular flexibility index (Phi) is 2.75. The summed E-state index contributed by atoms with van der Waals surface area (Å²) in [6, 6.07) is 11.0. The molecule has 3 rings (SSSR count). The summed E-state index contributed by atoms with van der Waals surface area (Å²) in [7, 11) is 0. The van der Waals surface area contributed by atoms with Crippen LogP contribution in [0.2, 0.25) is 0 Å². The second-order valence-electron chi connectivity index (χ2n) is 4.56. The summed E-state index contributed by atoms with van der Waals surface area (Å²) >= 11 is 0. The van der Waals surface area contributed by atoms with Gasteiger partial charge in [-0.2, -0.15) is 0 Å². The number of hydrogen-bond donors (Lipinski definition) is 1. The van der Waals surface area contributed by atoms with Crippen molar-refractivity contribution in [3.05, 3.63) is 65.0 Å². The molecule has 1 aliphatic heterocycles. The largest absolute Gasteiger partial charge is 0.398 e. The molecule has 0 radical (unpaired) electrons. The lowest BCUT2D eigenvalue weighted by Gasteiger charge is -2.15. The van der Waals surface area contributed by atoms with Crippen LogP contribution in [0.15, 0.2) is 42.5 Å². The maximum atomic E-state index is 13.7. The van der Waals surface area contributed by atoms with E-state index in [1.807, 2.05) is 0 Å². The highest BCUT2D eigenvalue weighted by molar-refractivity contribution is 6.21. The van der Waals surface area contributed by atoms with E-state index < -0.39 is 17.6 Å². The van der Waals surface area contributed by atoms with E-state index in [1.165, 1.54) is 18.2 Å². The van der Waals surface area contributed by atoms with Crippen LogP contribution in [0, 0.1) is 5.82 Å². The lowest BCUT2D eigenvalue weighted by atomic mass is 10.1. The smallest absolute Gasteiger partial charge is 0.264 e. The second kappa shape index (κ2) is 4.45. The minimum atomic E-state index is -0.676. The highest BCUT2D eigenvalue weighted by Crippen LogP contribution is 2.27. The Morgan fingerprint density at radius 1 is 1.00 bits per heavy atom. The Morgan fingerprint density at radius 3 is 2.45 bits per heavy atom. The lowest BCUT2D eigenvalue weighted by molar-refractivity contribution is 0.0641. The third kappa shape index (κ3) is 1.75. The molecule has 0 bridgehead atoms. The average molecular weight is 270 g/mol. The first-order valence-corrected chi connectivity index (χ1v) is 6.07. The fourth-order valence-corrected chi connectivity index (χ4v) is 2.28. The molecule has 0 spiro atoms. The first kappa shape index (κ1) is 12.3. The molecule has 1 aliphatic rings. The number of para-hydroxylation sites is 1. The van der Waals surface area contributed by atoms with Crippen molar-refractivity contribution < 1.29 is 14.0 Å². The van der Waals surface area contributed by atoms with Gasteiger partial charge in [0, 0.05) is 5.69 Å². The van der Waals surface area contributed by atoms with E-state index >= 15 is 0 Å². The zero-order valence-corrected chi connectivity index (χ0v) is 10.5. The monoisotopic (exact) mass is 270 g/mol. The zero-order valence-electron chi connectivity index (χ0n) is 10.5. The predicted molar refractivity (Wildman–Crippen MR) is 71.5 cm³/mol. The number of benzene rings is 2. The van der Waals surface area contributed by atoms with Gasteiger partial charge in [-0.3, -0.25) is 14.5 Å². The summed E-state index contributed by atoms with van der Waals surface area (Å²) in [6.45, 7) is 0.0401. The molecule has 0 saturated heterocycles. The summed E-state index contributed by atoms with van der Waals surface area (Å²) in [6.07, 6.45) is 0. The molecule has 100 valence electrons. The molecular formula is C15H11FN2O2. The SMILES string of the molecule is Nc1ccccc1CN1C(=O)c2cccc(F)c2C1=O. The number of rotatable bonds is 2. The minimum Gasteiger partial charge on any atom is -0.398 e. The van der Waals surface area contributed by atoms with Gasteiger partial charge in [-0.05, 0) is 23.8 Å². The summed E-state index contributed by atoms with van der Waals surface area (Å²) < 4.78 is 13.7. The number of amides is 2. The Balaban J connectivity index is 1.99. The molecule has 2 N–H and O–H groups in total. The van der Waals surface area contributed by atoms with Gasteiger partial charge in [-0.25, -0.2) is 4.39 Å². The molecule has 4 nitrogen and oxygen atoms in total. The van der Waals surface area contributed by atoms with Crippen LogP contribution < -0.4 is 5.73 Å². The van der Waals surface area contributed by atoms with E-state index in [4.69, 9.17) is 5.73 Å². The van der Waals surface area contributed by atoms with Crippen LogP contribution in [0.25, 0.3) is 0 Å². The highest BCUT2D eigenvalue weighted by atomic mass is 19.1. The van der Waals surface area contributed by atoms with Gasteiger partial charge in [0.15, 0.2) is 0 Å². The molecule has 0 saturated carbocycles. The van der Waals surface area contributed by atoms with E-state index in [0.29, 0.717) is 11.3 Å². The molecule has 2 amide bonds. The molecule has 1 heterocycles. The van der Waals surface area contributed by atoms with Gasteiger partial charge in [-0.15, -0.1) is 0 Å². The standard InChI is InChI=1S/C15H11FN2O2/c16-11-6-3-5-10-13(11)15(20)18(14(10)19)8-9-4-1-2-7-12(9)17/h1-7H,8,17H2. The van der Waals surface area contributed by atoms with Crippen LogP contribution in [0.1, 0.15) is 26.3 Å². The van der Waals surface area contributed by atoms with Gasteiger partial charge in [0.1, 0.15) is 5.82 Å². The van der Waals surface area contributed by atoms with Gasteiger partial charge in [0.2, 0.25) is 0 Å². The number of nitrogens with two attached hydrogens (primary N) is 1. The fourth-order valence-electron chi connectivity index (χ4n) is 2.28. The number of nitrogen functional groups attached to an aromatic ring is 1. The fraction of sp³-hybridized carbons (Fsp3) is 0.0667. The molecule has 0 unspecified atom stereocenters. The van der Waals surface area contributed by atoms with E-state index in [1.54, 1.807) is 24.3 Å². The van der Waals surface area contributed by atoms with Gasteiger partial charge >= 0.3 is 0 Å². The molecule has 0 aliphatic carbocycles. The topological polar surface area (TPSA) is 63.4 Å². The van der Waals surface area contributed by atoms with Gasteiger partial charge in [-0.1, -0.05) is 24.3 Å². The van der Waals surface area contributed by atoms with Crippen LogP contribution >= 0.6 is 0 Å². The van der Waals surface area contributed by atoms with E-state index in [9.17, 15) is 14.0 Å². The van der Waals surface area contributed by atoms with Gasteiger partial charge < -0.3 is 5.73 Å². The number of anilines is 1. The number of carbonyl (C=O) groups excluding carboxylic acids is 2. The molecule has 5 heteroatoms. The quantitative estimate of drug-likeness (QED) is 0.672. The summed E-state index contributed by atoms with van der Waals surface area (Å²) in [4.78, 5) is 25.4. The van der Waals surface area contributed by atoms with Crippen molar-refractivity contribution in [1.29, 1.82) is 0 Å². The van der Waals surface area contributed by atoms with Crippen molar-refractivity contribution in [3.63, 3.8) is 0 Å². The number of imide groups is 1. The summed E-state index contributed by atoms with van der Waals surface area (Å²) in [5.74, 6) is -1.79.